The fourth-order valence-electron chi connectivity index (χ4n) is 2.62. The zero-order valence-corrected chi connectivity index (χ0v) is 17.3. The van der Waals surface area contributed by atoms with Crippen LogP contribution in [-0.2, 0) is 14.3 Å². The quantitative estimate of drug-likeness (QED) is 0.623. The van der Waals surface area contributed by atoms with Crippen molar-refractivity contribution in [2.45, 2.75) is 6.04 Å². The minimum Gasteiger partial charge on any atom is -0.383 e. The van der Waals surface area contributed by atoms with Gasteiger partial charge in [-0.05, 0) is 11.4 Å². The molecular formula is C16H29Cl2N3O3S. The van der Waals surface area contributed by atoms with Gasteiger partial charge in [0.2, 0.25) is 5.91 Å². The van der Waals surface area contributed by atoms with Gasteiger partial charge in [0.05, 0.1) is 32.4 Å². The van der Waals surface area contributed by atoms with Crippen molar-refractivity contribution >= 4 is 42.1 Å². The lowest BCUT2D eigenvalue weighted by Gasteiger charge is -2.36. The number of carbonyl (C=O) groups is 1. The van der Waals surface area contributed by atoms with Gasteiger partial charge in [0, 0.05) is 45.2 Å². The van der Waals surface area contributed by atoms with E-state index in [1.165, 1.54) is 4.88 Å². The maximum Gasteiger partial charge on any atom is 0.236 e. The number of likely N-dealkylation sites (N-methyl/N-ethyl adjacent to an activating group) is 1. The van der Waals surface area contributed by atoms with Gasteiger partial charge in [0.25, 0.3) is 0 Å². The Kier molecular flexibility index (Phi) is 13.5. The molecule has 2 heterocycles. The van der Waals surface area contributed by atoms with E-state index >= 15 is 0 Å². The summed E-state index contributed by atoms with van der Waals surface area (Å²) < 4.78 is 10.4. The van der Waals surface area contributed by atoms with Crippen LogP contribution in [-0.4, -0.2) is 82.4 Å². The monoisotopic (exact) mass is 413 g/mol. The number of amides is 1. The van der Waals surface area contributed by atoms with E-state index in [0.29, 0.717) is 26.2 Å². The van der Waals surface area contributed by atoms with E-state index in [-0.39, 0.29) is 36.8 Å². The molecule has 25 heavy (non-hydrogen) atoms. The van der Waals surface area contributed by atoms with Gasteiger partial charge >= 0.3 is 0 Å². The number of hydrogen-bond acceptors (Lipinski definition) is 6. The van der Waals surface area contributed by atoms with Crippen molar-refractivity contribution in [2.24, 2.45) is 0 Å². The first kappa shape index (κ1) is 24.6. The molecule has 2 rings (SSSR count). The van der Waals surface area contributed by atoms with Gasteiger partial charge in [0.15, 0.2) is 0 Å². The van der Waals surface area contributed by atoms with Crippen LogP contribution >= 0.6 is 36.2 Å². The second-order valence-corrected chi connectivity index (χ2v) is 6.60. The summed E-state index contributed by atoms with van der Waals surface area (Å²) in [5, 5.41) is 5.20. The smallest absolute Gasteiger partial charge is 0.236 e. The molecule has 1 saturated heterocycles. The molecule has 0 radical (unpaired) electrons. The number of carbonyl (C=O) groups excluding carboxylic acids is 1. The standard InChI is InChI=1S/C16H27N3O3S.2ClH/c1-18(16(20)12-17-5-8-21-2)13-14(15-4-3-11-23-15)19-6-9-22-10-7-19;;/h3-4,11,14,17H,5-10,12-13H2,1-2H3;2*1H. The van der Waals surface area contributed by atoms with Crippen molar-refractivity contribution < 1.29 is 14.3 Å². The zero-order valence-electron chi connectivity index (χ0n) is 14.8. The molecule has 1 aromatic heterocycles. The molecule has 0 aromatic carbocycles. The van der Waals surface area contributed by atoms with E-state index in [9.17, 15) is 4.79 Å². The largest absolute Gasteiger partial charge is 0.383 e. The Morgan fingerprint density at radius 2 is 2.16 bits per heavy atom. The molecule has 1 aliphatic heterocycles. The van der Waals surface area contributed by atoms with Gasteiger partial charge in [-0.25, -0.2) is 0 Å². The number of ether oxygens (including phenoxy) is 2. The molecule has 1 atom stereocenters. The third-order valence-electron chi connectivity index (χ3n) is 3.99. The van der Waals surface area contributed by atoms with E-state index in [1.807, 2.05) is 11.9 Å². The van der Waals surface area contributed by atoms with E-state index in [4.69, 9.17) is 9.47 Å². The maximum absolute atomic E-state index is 12.3. The molecule has 146 valence electrons. The van der Waals surface area contributed by atoms with Crippen LogP contribution in [0.3, 0.4) is 0 Å². The minimum absolute atomic E-state index is 0. The normalized spacial score (nSPS) is 15.8. The highest BCUT2D eigenvalue weighted by molar-refractivity contribution is 7.10. The van der Waals surface area contributed by atoms with Crippen LogP contribution in [0.4, 0.5) is 0 Å². The van der Waals surface area contributed by atoms with Gasteiger partial charge in [0.1, 0.15) is 0 Å². The second-order valence-electron chi connectivity index (χ2n) is 5.62. The Morgan fingerprint density at radius 1 is 1.44 bits per heavy atom. The average molecular weight is 414 g/mol. The van der Waals surface area contributed by atoms with Gasteiger partial charge in [-0.3, -0.25) is 9.69 Å². The number of nitrogens with one attached hydrogen (secondary N) is 1. The van der Waals surface area contributed by atoms with Crippen LogP contribution in [0.1, 0.15) is 10.9 Å². The fraction of sp³-hybridized carbons (Fsp3) is 0.688. The topological polar surface area (TPSA) is 54.0 Å². The summed E-state index contributed by atoms with van der Waals surface area (Å²) in [4.78, 5) is 17.8. The van der Waals surface area contributed by atoms with E-state index < -0.39 is 0 Å². The molecule has 6 nitrogen and oxygen atoms in total. The first-order valence-electron chi connectivity index (χ1n) is 8.01. The lowest BCUT2D eigenvalue weighted by molar-refractivity contribution is -0.130. The summed E-state index contributed by atoms with van der Waals surface area (Å²) >= 11 is 1.75. The van der Waals surface area contributed by atoms with Crippen molar-refractivity contribution in [3.05, 3.63) is 22.4 Å². The highest BCUT2D eigenvalue weighted by Gasteiger charge is 2.25. The van der Waals surface area contributed by atoms with Crippen molar-refractivity contribution in [3.8, 4) is 0 Å². The molecule has 1 N–H and O–H groups in total. The average Bonchev–Trinajstić information content (AvgIpc) is 3.11. The van der Waals surface area contributed by atoms with Crippen LogP contribution in [0.5, 0.6) is 0 Å². The minimum atomic E-state index is 0. The van der Waals surface area contributed by atoms with Crippen molar-refractivity contribution in [1.82, 2.24) is 15.1 Å². The SMILES string of the molecule is COCCNCC(=O)N(C)CC(c1cccs1)N1CCOCC1.Cl.Cl. The second kappa shape index (κ2) is 13.7. The lowest BCUT2D eigenvalue weighted by atomic mass is 10.1. The number of nitrogens with zero attached hydrogens (tertiary/aromatic N) is 2. The number of hydrogen-bond donors (Lipinski definition) is 1. The van der Waals surface area contributed by atoms with E-state index in [0.717, 1.165) is 26.3 Å². The molecule has 0 aliphatic carbocycles. The summed E-state index contributed by atoms with van der Waals surface area (Å²) in [6.07, 6.45) is 0. The number of halogens is 2. The first-order chi connectivity index (χ1) is 11.2. The summed E-state index contributed by atoms with van der Waals surface area (Å²) in [5.41, 5.74) is 0. The number of morpholine rings is 1. The molecular weight excluding hydrogens is 385 g/mol. The molecule has 1 amide bonds. The van der Waals surface area contributed by atoms with E-state index in [2.05, 4.69) is 27.7 Å². The molecule has 1 aliphatic rings. The Labute approximate surface area is 166 Å². The van der Waals surface area contributed by atoms with Crippen molar-refractivity contribution in [2.75, 3.05) is 66.7 Å². The van der Waals surface area contributed by atoms with Crippen LogP contribution in [0.25, 0.3) is 0 Å². The highest BCUT2D eigenvalue weighted by atomic mass is 35.5. The third-order valence-corrected chi connectivity index (χ3v) is 4.96. The van der Waals surface area contributed by atoms with Crippen LogP contribution in [0.15, 0.2) is 17.5 Å². The Morgan fingerprint density at radius 3 is 2.76 bits per heavy atom. The van der Waals surface area contributed by atoms with Crippen LogP contribution in [0, 0.1) is 0 Å². The van der Waals surface area contributed by atoms with Crippen molar-refractivity contribution in [1.29, 1.82) is 0 Å². The van der Waals surface area contributed by atoms with Gasteiger partial charge in [-0.15, -0.1) is 36.2 Å². The van der Waals surface area contributed by atoms with Crippen LogP contribution < -0.4 is 5.32 Å². The Hall–Kier alpha value is -0.410. The zero-order chi connectivity index (χ0) is 16.5. The Bertz CT molecular complexity index is 459. The maximum atomic E-state index is 12.3. The lowest BCUT2D eigenvalue weighted by Crippen LogP contribution is -2.45. The predicted octanol–water partition coefficient (Wildman–Crippen LogP) is 1.66. The molecule has 0 bridgehead atoms. The molecule has 9 heteroatoms. The van der Waals surface area contributed by atoms with Crippen LogP contribution in [0.2, 0.25) is 0 Å². The van der Waals surface area contributed by atoms with Gasteiger partial charge in [-0.2, -0.15) is 0 Å². The van der Waals surface area contributed by atoms with E-state index in [1.54, 1.807) is 18.4 Å². The molecule has 1 aromatic rings. The summed E-state index contributed by atoms with van der Waals surface area (Å²) in [5.74, 6) is 0.107. The number of methoxy groups -OCH3 is 1. The number of rotatable bonds is 9. The molecule has 0 saturated carbocycles. The molecule has 1 fully saturated rings. The third kappa shape index (κ3) is 8.21. The summed E-state index contributed by atoms with van der Waals surface area (Å²) in [7, 11) is 3.53. The predicted molar refractivity (Wildman–Crippen MR) is 106 cm³/mol. The molecule has 0 spiro atoms. The number of thiophene rings is 1. The molecule has 1 unspecified atom stereocenters. The van der Waals surface area contributed by atoms with Crippen molar-refractivity contribution in [3.63, 3.8) is 0 Å². The Balaban J connectivity index is 0.00000288. The summed E-state index contributed by atoms with van der Waals surface area (Å²) in [6.45, 7) is 5.70. The fourth-order valence-corrected chi connectivity index (χ4v) is 3.47. The van der Waals surface area contributed by atoms with Gasteiger partial charge < -0.3 is 19.7 Å². The van der Waals surface area contributed by atoms with Gasteiger partial charge in [-0.1, -0.05) is 6.07 Å². The highest BCUT2D eigenvalue weighted by Crippen LogP contribution is 2.26. The summed E-state index contributed by atoms with van der Waals surface area (Å²) in [6, 6.07) is 4.47. The first-order valence-corrected chi connectivity index (χ1v) is 8.89.